The highest BCUT2D eigenvalue weighted by Crippen LogP contribution is 2.45. The SMILES string of the molecule is CN(C)C(=O)NC[C@@]1(C)C[C@@H](NC(=O)N(C)C)CC(C)(C)C1. The molecule has 0 aromatic carbocycles. The molecule has 0 aliphatic heterocycles. The van der Waals surface area contributed by atoms with Crippen LogP contribution < -0.4 is 10.6 Å². The lowest BCUT2D eigenvalue weighted by Gasteiger charge is -2.47. The van der Waals surface area contributed by atoms with E-state index in [0.717, 1.165) is 19.3 Å². The van der Waals surface area contributed by atoms with E-state index in [4.69, 9.17) is 0 Å². The van der Waals surface area contributed by atoms with E-state index in [1.807, 2.05) is 0 Å². The molecule has 2 atom stereocenters. The van der Waals surface area contributed by atoms with Gasteiger partial charge in [-0.3, -0.25) is 0 Å². The lowest BCUT2D eigenvalue weighted by atomic mass is 9.62. The van der Waals surface area contributed by atoms with Gasteiger partial charge in [-0.05, 0) is 30.1 Å². The van der Waals surface area contributed by atoms with E-state index < -0.39 is 0 Å². The Balaban J connectivity index is 2.73. The van der Waals surface area contributed by atoms with Gasteiger partial charge in [-0.15, -0.1) is 0 Å². The minimum absolute atomic E-state index is 0.0162. The van der Waals surface area contributed by atoms with Crippen LogP contribution in [0.4, 0.5) is 9.59 Å². The standard InChI is InChI=1S/C16H32N4O2/c1-15(2)8-12(18-14(22)20(6)7)9-16(3,10-15)11-17-13(21)19(4)5/h12H,8-11H2,1-7H3,(H,17,21)(H,18,22)/t12-,16-/m0/s1. The molecule has 1 aliphatic carbocycles. The summed E-state index contributed by atoms with van der Waals surface area (Å²) in [6.45, 7) is 7.28. The quantitative estimate of drug-likeness (QED) is 0.838. The highest BCUT2D eigenvalue weighted by atomic mass is 16.2. The maximum Gasteiger partial charge on any atom is 0.317 e. The second-order valence-electron chi connectivity index (χ2n) is 8.15. The van der Waals surface area contributed by atoms with Gasteiger partial charge < -0.3 is 20.4 Å². The van der Waals surface area contributed by atoms with Crippen LogP contribution in [-0.4, -0.2) is 62.6 Å². The minimum atomic E-state index is -0.0709. The molecule has 0 heterocycles. The van der Waals surface area contributed by atoms with Gasteiger partial charge in [-0.1, -0.05) is 20.8 Å². The molecule has 128 valence electrons. The third-order valence-corrected chi connectivity index (χ3v) is 4.25. The summed E-state index contributed by atoms with van der Waals surface area (Å²) in [4.78, 5) is 26.8. The summed E-state index contributed by atoms with van der Waals surface area (Å²) < 4.78 is 0. The molecule has 0 spiro atoms. The Labute approximate surface area is 134 Å². The van der Waals surface area contributed by atoms with Crippen molar-refractivity contribution >= 4 is 12.1 Å². The zero-order chi connectivity index (χ0) is 17.1. The fraction of sp³-hybridized carbons (Fsp3) is 0.875. The highest BCUT2D eigenvalue weighted by molar-refractivity contribution is 5.74. The third-order valence-electron chi connectivity index (χ3n) is 4.25. The molecule has 1 saturated carbocycles. The van der Waals surface area contributed by atoms with Crippen LogP contribution in [0.5, 0.6) is 0 Å². The van der Waals surface area contributed by atoms with Crippen LogP contribution in [0.15, 0.2) is 0 Å². The first-order chi connectivity index (χ1) is 9.94. The summed E-state index contributed by atoms with van der Waals surface area (Å²) >= 11 is 0. The smallest absolute Gasteiger partial charge is 0.317 e. The molecule has 22 heavy (non-hydrogen) atoms. The largest absolute Gasteiger partial charge is 0.337 e. The van der Waals surface area contributed by atoms with Crippen molar-refractivity contribution in [2.75, 3.05) is 34.7 Å². The number of nitrogens with zero attached hydrogens (tertiary/aromatic N) is 2. The molecule has 6 nitrogen and oxygen atoms in total. The molecule has 0 aromatic rings. The number of carbonyl (C=O) groups is 2. The van der Waals surface area contributed by atoms with Crippen LogP contribution in [0.2, 0.25) is 0 Å². The second-order valence-corrected chi connectivity index (χ2v) is 8.15. The Kier molecular flexibility index (Phi) is 5.70. The number of rotatable bonds is 3. The van der Waals surface area contributed by atoms with Gasteiger partial charge in [0.05, 0.1) is 0 Å². The number of carbonyl (C=O) groups excluding carboxylic acids is 2. The Morgan fingerprint density at radius 3 is 2.05 bits per heavy atom. The van der Waals surface area contributed by atoms with E-state index in [0.29, 0.717) is 6.54 Å². The number of hydrogen-bond acceptors (Lipinski definition) is 2. The van der Waals surface area contributed by atoms with E-state index in [1.54, 1.807) is 38.0 Å². The molecule has 4 amide bonds. The van der Waals surface area contributed by atoms with Gasteiger partial charge in [0.25, 0.3) is 0 Å². The van der Waals surface area contributed by atoms with E-state index in [9.17, 15) is 9.59 Å². The van der Waals surface area contributed by atoms with Gasteiger partial charge in [0.2, 0.25) is 0 Å². The van der Waals surface area contributed by atoms with Gasteiger partial charge >= 0.3 is 12.1 Å². The van der Waals surface area contributed by atoms with E-state index >= 15 is 0 Å². The zero-order valence-corrected chi connectivity index (χ0v) is 15.1. The average Bonchev–Trinajstić information content (AvgIpc) is 2.33. The summed E-state index contributed by atoms with van der Waals surface area (Å²) in [6, 6.07) is 0.0146. The Hall–Kier alpha value is -1.46. The molecule has 0 unspecified atom stereocenters. The molecule has 0 bridgehead atoms. The zero-order valence-electron chi connectivity index (χ0n) is 15.1. The van der Waals surface area contributed by atoms with E-state index in [1.165, 1.54) is 0 Å². The Bertz CT molecular complexity index is 420. The van der Waals surface area contributed by atoms with Gasteiger partial charge in [0, 0.05) is 40.8 Å². The molecule has 6 heteroatoms. The number of urea groups is 2. The maximum absolute atomic E-state index is 11.9. The summed E-state index contributed by atoms with van der Waals surface area (Å²) in [5.74, 6) is 0. The minimum Gasteiger partial charge on any atom is -0.337 e. The lowest BCUT2D eigenvalue weighted by Crippen LogP contribution is -2.52. The van der Waals surface area contributed by atoms with Crippen molar-refractivity contribution in [3.8, 4) is 0 Å². The van der Waals surface area contributed by atoms with Gasteiger partial charge in [0.1, 0.15) is 0 Å². The number of amides is 4. The van der Waals surface area contributed by atoms with Crippen molar-refractivity contribution in [2.24, 2.45) is 10.8 Å². The highest BCUT2D eigenvalue weighted by Gasteiger charge is 2.42. The van der Waals surface area contributed by atoms with Crippen molar-refractivity contribution < 1.29 is 9.59 Å². The third kappa shape index (κ3) is 5.39. The van der Waals surface area contributed by atoms with Gasteiger partial charge in [-0.25, -0.2) is 9.59 Å². The van der Waals surface area contributed by atoms with Crippen LogP contribution in [0.1, 0.15) is 40.0 Å². The molecule has 1 fully saturated rings. The predicted molar refractivity (Wildman–Crippen MR) is 88.8 cm³/mol. The van der Waals surface area contributed by atoms with Gasteiger partial charge in [0.15, 0.2) is 0 Å². The van der Waals surface area contributed by atoms with Crippen molar-refractivity contribution in [3.05, 3.63) is 0 Å². The van der Waals surface area contributed by atoms with Crippen molar-refractivity contribution in [1.29, 1.82) is 0 Å². The first-order valence-electron chi connectivity index (χ1n) is 7.87. The maximum atomic E-state index is 11.9. The molecule has 0 saturated heterocycles. The molecule has 0 aromatic heterocycles. The summed E-state index contributed by atoms with van der Waals surface area (Å²) in [5, 5.41) is 6.09. The lowest BCUT2D eigenvalue weighted by molar-refractivity contribution is 0.0724. The molecule has 0 radical (unpaired) electrons. The Morgan fingerprint density at radius 1 is 1.00 bits per heavy atom. The van der Waals surface area contributed by atoms with Crippen LogP contribution in [0.3, 0.4) is 0 Å². The van der Waals surface area contributed by atoms with Crippen LogP contribution in [0.25, 0.3) is 0 Å². The summed E-state index contributed by atoms with van der Waals surface area (Å²) in [7, 11) is 6.98. The van der Waals surface area contributed by atoms with Crippen molar-refractivity contribution in [3.63, 3.8) is 0 Å². The first kappa shape index (κ1) is 18.6. The fourth-order valence-electron chi connectivity index (χ4n) is 3.62. The fourth-order valence-corrected chi connectivity index (χ4v) is 3.62. The summed E-state index contributed by atoms with van der Waals surface area (Å²) in [5.41, 5.74) is 0.123. The molecule has 2 N–H and O–H groups in total. The second kappa shape index (κ2) is 6.75. The normalized spacial score (nSPS) is 27.0. The predicted octanol–water partition coefficient (Wildman–Crippen LogP) is 2.11. The monoisotopic (exact) mass is 312 g/mol. The van der Waals surface area contributed by atoms with Gasteiger partial charge in [-0.2, -0.15) is 0 Å². The van der Waals surface area contributed by atoms with E-state index in [2.05, 4.69) is 31.4 Å². The summed E-state index contributed by atoms with van der Waals surface area (Å²) in [6.07, 6.45) is 2.87. The van der Waals surface area contributed by atoms with Crippen LogP contribution in [0, 0.1) is 10.8 Å². The molecule has 1 aliphatic rings. The Morgan fingerprint density at radius 2 is 1.55 bits per heavy atom. The molecule has 1 rings (SSSR count). The van der Waals surface area contributed by atoms with Crippen molar-refractivity contribution in [1.82, 2.24) is 20.4 Å². The van der Waals surface area contributed by atoms with Crippen LogP contribution >= 0.6 is 0 Å². The molecular weight excluding hydrogens is 280 g/mol. The topological polar surface area (TPSA) is 64.7 Å². The average molecular weight is 312 g/mol. The number of hydrogen-bond donors (Lipinski definition) is 2. The first-order valence-corrected chi connectivity index (χ1v) is 7.87. The van der Waals surface area contributed by atoms with Crippen LogP contribution in [-0.2, 0) is 0 Å². The van der Waals surface area contributed by atoms with Crippen molar-refractivity contribution in [2.45, 2.75) is 46.1 Å². The number of nitrogens with one attached hydrogen (secondary N) is 2. The molecular formula is C16H32N4O2. The van der Waals surface area contributed by atoms with E-state index in [-0.39, 0.29) is 28.9 Å².